The van der Waals surface area contributed by atoms with Gasteiger partial charge in [0.05, 0.1) is 18.4 Å². The summed E-state index contributed by atoms with van der Waals surface area (Å²) in [6.07, 6.45) is -0.522. The molecular weight excluding hydrogens is 637 g/mol. The number of fused-ring (bicyclic) bond motifs is 1. The van der Waals surface area contributed by atoms with Gasteiger partial charge in [0.25, 0.3) is 0 Å². The number of nitrogens with zero attached hydrogens (tertiary/aromatic N) is 5. The fraction of sp³-hybridized carbons (Fsp3) is 0.194. The van der Waals surface area contributed by atoms with Gasteiger partial charge in [0.15, 0.2) is 0 Å². The lowest BCUT2D eigenvalue weighted by atomic mass is 10.1. The molecule has 47 heavy (non-hydrogen) atoms. The molecule has 2 amide bonds. The topological polar surface area (TPSA) is 150 Å². The summed E-state index contributed by atoms with van der Waals surface area (Å²) in [4.78, 5) is 38.2. The lowest BCUT2D eigenvalue weighted by molar-refractivity contribution is -0.137. The summed E-state index contributed by atoms with van der Waals surface area (Å²) in [5.74, 6) is -1.12. The first-order chi connectivity index (χ1) is 22.2. The van der Waals surface area contributed by atoms with Gasteiger partial charge in [-0.1, -0.05) is 24.8 Å². The Morgan fingerprint density at radius 1 is 1.11 bits per heavy atom. The van der Waals surface area contributed by atoms with E-state index in [0.717, 1.165) is 16.1 Å². The molecule has 0 spiro atoms. The second-order valence-electron chi connectivity index (χ2n) is 10.5. The van der Waals surface area contributed by atoms with Crippen LogP contribution in [-0.4, -0.2) is 48.5 Å². The van der Waals surface area contributed by atoms with Crippen LogP contribution in [0.25, 0.3) is 0 Å². The van der Waals surface area contributed by atoms with Crippen LogP contribution < -0.4 is 25.2 Å². The lowest BCUT2D eigenvalue weighted by Crippen LogP contribution is -2.27. The van der Waals surface area contributed by atoms with E-state index >= 15 is 0 Å². The number of benzene rings is 2. The molecule has 16 heteroatoms. The molecule has 0 radical (unpaired) electrons. The Balaban J connectivity index is 1.37. The van der Waals surface area contributed by atoms with E-state index < -0.39 is 27.6 Å². The Hall–Kier alpha value is -5.51. The van der Waals surface area contributed by atoms with Crippen molar-refractivity contribution in [3.05, 3.63) is 102 Å². The molecule has 4 aromatic rings. The first-order valence-electron chi connectivity index (χ1n) is 14.0. The Morgan fingerprint density at radius 3 is 2.62 bits per heavy atom. The number of carbonyl (C=O) groups is 2. The minimum absolute atomic E-state index is 0.0522. The number of sulfonamides is 1. The number of aromatic nitrogens is 3. The van der Waals surface area contributed by atoms with Gasteiger partial charge in [0.1, 0.15) is 17.2 Å². The highest BCUT2D eigenvalue weighted by atomic mass is 32.2. The second kappa shape index (κ2) is 13.1. The lowest BCUT2D eigenvalue weighted by Gasteiger charge is -2.20. The molecule has 2 aromatic heterocycles. The molecule has 244 valence electrons. The maximum Gasteiger partial charge on any atom is 0.421 e. The summed E-state index contributed by atoms with van der Waals surface area (Å²) in [7, 11) is -2.39. The van der Waals surface area contributed by atoms with Crippen LogP contribution in [0.3, 0.4) is 0 Å². The molecule has 12 nitrogen and oxygen atoms in total. The number of carbonyl (C=O) groups excluding carboxylic acids is 2. The van der Waals surface area contributed by atoms with Gasteiger partial charge < -0.3 is 16.0 Å². The molecule has 1 aliphatic heterocycles. The van der Waals surface area contributed by atoms with E-state index in [-0.39, 0.29) is 43.1 Å². The Labute approximate surface area is 268 Å². The van der Waals surface area contributed by atoms with Crippen LogP contribution in [0, 0.1) is 0 Å². The fourth-order valence-electron chi connectivity index (χ4n) is 4.85. The summed E-state index contributed by atoms with van der Waals surface area (Å²) < 4.78 is 66.7. The minimum Gasteiger partial charge on any atom is -0.365 e. The van der Waals surface area contributed by atoms with Crippen molar-refractivity contribution in [1.29, 1.82) is 0 Å². The number of nitrogens with one attached hydrogen (secondary N) is 3. The van der Waals surface area contributed by atoms with E-state index in [1.165, 1.54) is 31.5 Å². The van der Waals surface area contributed by atoms with E-state index in [1.54, 1.807) is 41.3 Å². The fourth-order valence-corrected chi connectivity index (χ4v) is 5.33. The van der Waals surface area contributed by atoms with Crippen molar-refractivity contribution in [2.24, 2.45) is 0 Å². The zero-order valence-corrected chi connectivity index (χ0v) is 26.0. The highest BCUT2D eigenvalue weighted by Gasteiger charge is 2.35. The van der Waals surface area contributed by atoms with Gasteiger partial charge in [0.2, 0.25) is 27.8 Å². The number of anilines is 6. The molecule has 0 unspecified atom stereocenters. The number of amides is 2. The maximum atomic E-state index is 13.9. The van der Waals surface area contributed by atoms with Crippen LogP contribution in [0.5, 0.6) is 0 Å². The second-order valence-corrected chi connectivity index (χ2v) is 12.5. The first kappa shape index (κ1) is 32.9. The molecule has 0 bridgehead atoms. The molecule has 5 rings (SSSR count). The Kier molecular flexibility index (Phi) is 9.15. The summed E-state index contributed by atoms with van der Waals surface area (Å²) in [6.45, 7) is 3.46. The van der Waals surface area contributed by atoms with Crippen LogP contribution in [0.1, 0.15) is 22.3 Å². The SMILES string of the molecule is C=CC(=O)NCc1cccc(N2C(=O)Cc3cc(Nc4ncc(C(F)(F)F)c(NCc5cccnc5N(C)S(C)(=O)=O)n4)ccc32)c1. The van der Waals surface area contributed by atoms with Crippen molar-refractivity contribution in [3.63, 3.8) is 0 Å². The third-order valence-corrected chi connectivity index (χ3v) is 8.36. The molecule has 3 heterocycles. The van der Waals surface area contributed by atoms with E-state index in [1.807, 2.05) is 6.07 Å². The average molecular weight is 667 g/mol. The molecule has 2 aromatic carbocycles. The quantitative estimate of drug-likeness (QED) is 0.194. The molecule has 0 aliphatic carbocycles. The summed E-state index contributed by atoms with van der Waals surface area (Å²) in [5, 5.41) is 8.25. The monoisotopic (exact) mass is 666 g/mol. The molecule has 3 N–H and O–H groups in total. The van der Waals surface area contributed by atoms with Gasteiger partial charge in [-0.25, -0.2) is 18.4 Å². The van der Waals surface area contributed by atoms with Gasteiger partial charge in [-0.05, 0) is 53.6 Å². The van der Waals surface area contributed by atoms with Gasteiger partial charge in [-0.3, -0.25) is 18.8 Å². The predicted octanol–water partition coefficient (Wildman–Crippen LogP) is 4.66. The van der Waals surface area contributed by atoms with Crippen LogP contribution in [0.2, 0.25) is 0 Å². The number of hydrogen-bond acceptors (Lipinski definition) is 9. The predicted molar refractivity (Wildman–Crippen MR) is 171 cm³/mol. The summed E-state index contributed by atoms with van der Waals surface area (Å²) in [5.41, 5.74) is 2.34. The van der Waals surface area contributed by atoms with Crippen molar-refractivity contribution in [2.45, 2.75) is 25.7 Å². The normalized spacial score (nSPS) is 12.8. The number of pyridine rings is 1. The standard InChI is InChI=1S/C31H29F3N8O4S/c1-4-26(43)36-16-19-7-5-9-23(13-19)42-25-11-10-22(14-21(25)15-27(42)44)39-30-38-18-24(31(32,33)34)28(40-30)37-17-20-8-6-12-35-29(20)41(2)47(3,45)46/h4-14,18H,1,15-17H2,2-3H3,(H,36,43)(H2,37,38,39,40). The molecule has 1 aliphatic rings. The smallest absolute Gasteiger partial charge is 0.365 e. The largest absolute Gasteiger partial charge is 0.421 e. The zero-order chi connectivity index (χ0) is 33.9. The number of hydrogen-bond donors (Lipinski definition) is 3. The number of alkyl halides is 3. The average Bonchev–Trinajstić information content (AvgIpc) is 3.36. The van der Waals surface area contributed by atoms with Crippen molar-refractivity contribution < 1.29 is 31.2 Å². The van der Waals surface area contributed by atoms with Gasteiger partial charge in [0, 0.05) is 49.5 Å². The summed E-state index contributed by atoms with van der Waals surface area (Å²) >= 11 is 0. The highest BCUT2D eigenvalue weighted by molar-refractivity contribution is 7.92. The Bertz CT molecular complexity index is 1970. The number of halogens is 3. The molecule has 0 saturated carbocycles. The first-order valence-corrected chi connectivity index (χ1v) is 15.9. The minimum atomic E-state index is -4.78. The van der Waals surface area contributed by atoms with Gasteiger partial charge in [-0.2, -0.15) is 18.2 Å². The van der Waals surface area contributed by atoms with Crippen molar-refractivity contribution >= 4 is 56.5 Å². The van der Waals surface area contributed by atoms with Crippen LogP contribution in [0.15, 0.2) is 79.6 Å². The van der Waals surface area contributed by atoms with Crippen LogP contribution in [-0.2, 0) is 45.3 Å². The van der Waals surface area contributed by atoms with E-state index in [9.17, 15) is 31.2 Å². The van der Waals surface area contributed by atoms with Gasteiger partial charge >= 0.3 is 6.18 Å². The number of rotatable bonds is 11. The molecular formula is C31H29F3N8O4S. The molecule has 0 saturated heterocycles. The molecule has 0 atom stereocenters. The third-order valence-electron chi connectivity index (χ3n) is 7.19. The Morgan fingerprint density at radius 2 is 1.89 bits per heavy atom. The van der Waals surface area contributed by atoms with Crippen LogP contribution >= 0.6 is 0 Å². The van der Waals surface area contributed by atoms with E-state index in [0.29, 0.717) is 34.4 Å². The maximum absolute atomic E-state index is 13.9. The van der Waals surface area contributed by atoms with Crippen molar-refractivity contribution in [1.82, 2.24) is 20.3 Å². The zero-order valence-electron chi connectivity index (χ0n) is 25.2. The van der Waals surface area contributed by atoms with Crippen molar-refractivity contribution in [3.8, 4) is 0 Å². The highest BCUT2D eigenvalue weighted by Crippen LogP contribution is 2.38. The van der Waals surface area contributed by atoms with E-state index in [4.69, 9.17) is 0 Å². The van der Waals surface area contributed by atoms with Crippen LogP contribution in [0.4, 0.5) is 47.8 Å². The summed E-state index contributed by atoms with van der Waals surface area (Å²) in [6, 6.07) is 15.3. The molecule has 0 fully saturated rings. The van der Waals surface area contributed by atoms with Crippen molar-refractivity contribution in [2.75, 3.05) is 33.1 Å². The van der Waals surface area contributed by atoms with Gasteiger partial charge in [-0.15, -0.1) is 0 Å². The van der Waals surface area contributed by atoms with E-state index in [2.05, 4.69) is 37.5 Å². The third kappa shape index (κ3) is 7.49.